The maximum absolute atomic E-state index is 3.77. The Labute approximate surface area is 57.6 Å². The second-order valence-corrected chi connectivity index (χ2v) is 2.23. The van der Waals surface area contributed by atoms with E-state index >= 15 is 0 Å². The third-order valence-corrected chi connectivity index (χ3v) is 0.904. The Morgan fingerprint density at radius 2 is 1.89 bits per heavy atom. The van der Waals surface area contributed by atoms with E-state index < -0.39 is 0 Å². The Morgan fingerprint density at radius 3 is 2.22 bits per heavy atom. The molecule has 0 saturated carbocycles. The zero-order valence-electron chi connectivity index (χ0n) is 6.44. The van der Waals surface area contributed by atoms with E-state index in [0.29, 0.717) is 0 Å². The smallest absolute Gasteiger partial charge is 0.0398 e. The van der Waals surface area contributed by atoms with Crippen molar-refractivity contribution in [2.45, 2.75) is 20.8 Å². The van der Waals surface area contributed by atoms with Gasteiger partial charge in [-0.05, 0) is 20.8 Å². The molecule has 0 fully saturated rings. The summed E-state index contributed by atoms with van der Waals surface area (Å²) in [6.45, 7) is 9.83. The Bertz CT molecular complexity index is 147. The predicted molar refractivity (Wildman–Crippen MR) is 43.4 cm³/mol. The molecule has 0 heteroatoms. The van der Waals surface area contributed by atoms with Gasteiger partial charge in [-0.2, -0.15) is 0 Å². The van der Waals surface area contributed by atoms with Crippen LogP contribution >= 0.6 is 0 Å². The fourth-order valence-corrected chi connectivity index (χ4v) is 0.700. The lowest BCUT2D eigenvalue weighted by molar-refractivity contribution is 1.44. The molecular formula is C9H14. The zero-order valence-corrected chi connectivity index (χ0v) is 6.44. The average molecular weight is 122 g/mol. The van der Waals surface area contributed by atoms with Crippen LogP contribution < -0.4 is 0 Å². The van der Waals surface area contributed by atoms with Crippen LogP contribution in [-0.2, 0) is 0 Å². The van der Waals surface area contributed by atoms with E-state index in [4.69, 9.17) is 0 Å². The molecule has 50 valence electrons. The molecule has 0 aliphatic rings. The van der Waals surface area contributed by atoms with Gasteiger partial charge < -0.3 is 0 Å². The summed E-state index contributed by atoms with van der Waals surface area (Å²) in [6, 6.07) is 0. The van der Waals surface area contributed by atoms with Crippen molar-refractivity contribution in [1.82, 2.24) is 0 Å². The Morgan fingerprint density at radius 1 is 1.33 bits per heavy atom. The van der Waals surface area contributed by atoms with Crippen LogP contribution in [0.25, 0.3) is 0 Å². The topological polar surface area (TPSA) is 0 Å². The van der Waals surface area contributed by atoms with E-state index in [1.165, 1.54) is 5.57 Å². The minimum absolute atomic E-state index is 1.10. The molecule has 0 saturated heterocycles. The molecule has 0 nitrogen and oxygen atoms in total. The minimum Gasteiger partial charge on any atom is -0.0961 e. The molecule has 0 aromatic carbocycles. The molecule has 0 amide bonds. The number of rotatable bonds is 2. The maximum atomic E-state index is 3.77. The molecule has 9 heavy (non-hydrogen) atoms. The third-order valence-electron chi connectivity index (χ3n) is 0.904. The average Bonchev–Trinajstić information content (AvgIpc) is 1.63. The summed E-state index contributed by atoms with van der Waals surface area (Å²) in [5, 5.41) is 0. The lowest BCUT2D eigenvalue weighted by atomic mass is 10.2. The highest BCUT2D eigenvalue weighted by atomic mass is 13.8. The zero-order chi connectivity index (χ0) is 7.28. The Kier molecular flexibility index (Phi) is 3.78. The fraction of sp³-hybridized carbons (Fsp3) is 0.333. The van der Waals surface area contributed by atoms with Gasteiger partial charge in [0.2, 0.25) is 0 Å². The largest absolute Gasteiger partial charge is 0.0961 e. The Balaban J connectivity index is 4.00. The minimum atomic E-state index is 1.10. The molecular weight excluding hydrogens is 108 g/mol. The van der Waals surface area contributed by atoms with E-state index in [9.17, 15) is 0 Å². The van der Waals surface area contributed by atoms with Crippen molar-refractivity contribution in [2.75, 3.05) is 0 Å². The van der Waals surface area contributed by atoms with Gasteiger partial charge in [0, 0.05) is 0 Å². The van der Waals surface area contributed by atoms with Gasteiger partial charge in [-0.25, -0.2) is 0 Å². The molecule has 0 bridgehead atoms. The summed E-state index contributed by atoms with van der Waals surface area (Å²) >= 11 is 0. The van der Waals surface area contributed by atoms with Crippen LogP contribution in [0.4, 0.5) is 0 Å². The van der Waals surface area contributed by atoms with E-state index in [2.05, 4.69) is 25.7 Å². The monoisotopic (exact) mass is 122 g/mol. The summed E-state index contributed by atoms with van der Waals surface area (Å²) in [5.74, 6) is 0. The van der Waals surface area contributed by atoms with Crippen molar-refractivity contribution in [1.29, 1.82) is 0 Å². The molecule has 0 atom stereocenters. The van der Waals surface area contributed by atoms with Gasteiger partial charge in [0.15, 0.2) is 0 Å². The number of allylic oxidation sites excluding steroid dienone is 5. The van der Waals surface area contributed by atoms with Gasteiger partial charge >= 0.3 is 0 Å². The molecule has 0 aromatic heterocycles. The molecule has 0 spiro atoms. The first-order valence-corrected chi connectivity index (χ1v) is 3.13. The maximum Gasteiger partial charge on any atom is -0.0398 e. The molecule has 0 heterocycles. The van der Waals surface area contributed by atoms with Gasteiger partial charge in [0.25, 0.3) is 0 Å². The summed E-state index contributed by atoms with van der Waals surface area (Å²) in [5.41, 5.74) is 2.36. The van der Waals surface area contributed by atoms with Gasteiger partial charge in [0.1, 0.15) is 0 Å². The molecule has 0 rings (SSSR count). The lowest BCUT2D eigenvalue weighted by Gasteiger charge is -1.89. The van der Waals surface area contributed by atoms with Crippen LogP contribution in [0, 0.1) is 0 Å². The van der Waals surface area contributed by atoms with Crippen molar-refractivity contribution >= 4 is 0 Å². The van der Waals surface area contributed by atoms with Crippen molar-refractivity contribution in [3.05, 3.63) is 36.0 Å². The second kappa shape index (κ2) is 4.13. The summed E-state index contributed by atoms with van der Waals surface area (Å²) < 4.78 is 0. The number of hydrogen-bond acceptors (Lipinski definition) is 0. The standard InChI is InChI=1S/C9H14/c1-5-6-9(4)7-8(2)3/h5-7H,2H2,1,3-4H3/b6-5?,9-7-. The fourth-order valence-electron chi connectivity index (χ4n) is 0.700. The predicted octanol–water partition coefficient (Wildman–Crippen LogP) is 3.08. The normalized spacial score (nSPS) is 12.6. The van der Waals surface area contributed by atoms with Crippen molar-refractivity contribution in [3.63, 3.8) is 0 Å². The Hall–Kier alpha value is -0.780. The van der Waals surface area contributed by atoms with E-state index in [1.54, 1.807) is 0 Å². The highest BCUT2D eigenvalue weighted by Gasteiger charge is 1.78. The van der Waals surface area contributed by atoms with Crippen molar-refractivity contribution < 1.29 is 0 Å². The van der Waals surface area contributed by atoms with Crippen LogP contribution in [0.15, 0.2) is 36.0 Å². The number of hydrogen-bond donors (Lipinski definition) is 0. The van der Waals surface area contributed by atoms with Gasteiger partial charge in [-0.15, -0.1) is 0 Å². The van der Waals surface area contributed by atoms with Crippen LogP contribution in [0.3, 0.4) is 0 Å². The summed E-state index contributed by atoms with van der Waals surface area (Å²) in [6.07, 6.45) is 6.14. The van der Waals surface area contributed by atoms with Crippen LogP contribution in [0.2, 0.25) is 0 Å². The quantitative estimate of drug-likeness (QED) is 0.494. The highest BCUT2D eigenvalue weighted by molar-refractivity contribution is 5.24. The summed E-state index contributed by atoms with van der Waals surface area (Å²) in [7, 11) is 0. The first-order chi connectivity index (χ1) is 4.16. The second-order valence-electron chi connectivity index (χ2n) is 2.23. The van der Waals surface area contributed by atoms with E-state index in [1.807, 2.05) is 19.9 Å². The third kappa shape index (κ3) is 5.09. The van der Waals surface area contributed by atoms with Crippen LogP contribution in [0.5, 0.6) is 0 Å². The molecule has 0 unspecified atom stereocenters. The van der Waals surface area contributed by atoms with E-state index in [-0.39, 0.29) is 0 Å². The van der Waals surface area contributed by atoms with Gasteiger partial charge in [0.05, 0.1) is 0 Å². The van der Waals surface area contributed by atoms with Crippen LogP contribution in [-0.4, -0.2) is 0 Å². The SMILES string of the molecule is C=C(C)/C=C(/C)C=CC. The van der Waals surface area contributed by atoms with E-state index in [0.717, 1.165) is 5.57 Å². The highest BCUT2D eigenvalue weighted by Crippen LogP contribution is 1.99. The van der Waals surface area contributed by atoms with Crippen molar-refractivity contribution in [2.24, 2.45) is 0 Å². The van der Waals surface area contributed by atoms with Crippen molar-refractivity contribution in [3.8, 4) is 0 Å². The molecule has 0 N–H and O–H groups in total. The first-order valence-electron chi connectivity index (χ1n) is 3.13. The lowest BCUT2D eigenvalue weighted by Crippen LogP contribution is -1.68. The molecule has 0 aliphatic carbocycles. The van der Waals surface area contributed by atoms with Gasteiger partial charge in [-0.1, -0.05) is 36.0 Å². The summed E-state index contributed by atoms with van der Waals surface area (Å²) in [4.78, 5) is 0. The molecule has 0 aliphatic heterocycles. The molecule has 0 aromatic rings. The van der Waals surface area contributed by atoms with Gasteiger partial charge in [-0.3, -0.25) is 0 Å². The van der Waals surface area contributed by atoms with Crippen LogP contribution in [0.1, 0.15) is 20.8 Å². The molecule has 0 radical (unpaired) electrons. The first kappa shape index (κ1) is 8.22.